The largest absolute Gasteiger partial charge is 0.310 e. The molecule has 0 spiro atoms. The zero-order chi connectivity index (χ0) is 28.0. The maximum atomic E-state index is 5.98. The summed E-state index contributed by atoms with van der Waals surface area (Å²) in [5.41, 5.74) is 14.2. The quantitative estimate of drug-likeness (QED) is 0.203. The lowest BCUT2D eigenvalue weighted by atomic mass is 9.82. The Morgan fingerprint density at radius 2 is 1.00 bits per heavy atom. The van der Waals surface area contributed by atoms with Gasteiger partial charge in [0.1, 0.15) is 7.85 Å². The SMILES string of the molecule is [B]c1ccc(-c2cccc(N(c3ccc(-c4ccccc4)cc3)c3ccc4c(c3)C(C)(C)c3ccccc3-4)c2)cc1. The van der Waals surface area contributed by atoms with Gasteiger partial charge >= 0.3 is 0 Å². The lowest BCUT2D eigenvalue weighted by molar-refractivity contribution is 0.660. The van der Waals surface area contributed by atoms with Crippen LogP contribution in [0.3, 0.4) is 0 Å². The van der Waals surface area contributed by atoms with Crippen LogP contribution in [0, 0.1) is 0 Å². The van der Waals surface area contributed by atoms with Crippen molar-refractivity contribution in [2.24, 2.45) is 0 Å². The van der Waals surface area contributed by atoms with Gasteiger partial charge in [0.15, 0.2) is 0 Å². The molecule has 6 aromatic carbocycles. The average molecular weight is 523 g/mol. The Hall–Kier alpha value is -4.82. The molecule has 0 N–H and O–H groups in total. The van der Waals surface area contributed by atoms with Crippen LogP contribution in [0.4, 0.5) is 17.1 Å². The molecule has 194 valence electrons. The Labute approximate surface area is 244 Å². The van der Waals surface area contributed by atoms with Crippen molar-refractivity contribution in [3.05, 3.63) is 157 Å². The van der Waals surface area contributed by atoms with Gasteiger partial charge in [-0.1, -0.05) is 129 Å². The standard InChI is InChI=1S/C39H30BN/c1-39(2)37-14-7-6-13-35(37)36-24-23-34(26-38(36)39)41(32-21-17-28(18-22-32)27-9-4-3-5-10-27)33-12-8-11-30(25-33)29-15-19-31(40)20-16-29/h3-26H,1-2H3. The van der Waals surface area contributed by atoms with Gasteiger partial charge in [-0.25, -0.2) is 0 Å². The van der Waals surface area contributed by atoms with Crippen molar-refractivity contribution in [1.82, 2.24) is 0 Å². The monoisotopic (exact) mass is 523 g/mol. The smallest absolute Gasteiger partial charge is 0.113 e. The van der Waals surface area contributed by atoms with Crippen LogP contribution in [0.5, 0.6) is 0 Å². The first-order valence-corrected chi connectivity index (χ1v) is 14.1. The van der Waals surface area contributed by atoms with Crippen LogP contribution in [0.1, 0.15) is 25.0 Å². The molecule has 1 nitrogen and oxygen atoms in total. The zero-order valence-corrected chi connectivity index (χ0v) is 23.4. The first-order chi connectivity index (χ1) is 20.0. The summed E-state index contributed by atoms with van der Waals surface area (Å²) in [5, 5.41) is 0. The molecule has 0 atom stereocenters. The van der Waals surface area contributed by atoms with Crippen LogP contribution >= 0.6 is 0 Å². The molecule has 0 aromatic heterocycles. The zero-order valence-electron chi connectivity index (χ0n) is 23.4. The van der Waals surface area contributed by atoms with Crippen LogP contribution in [0.25, 0.3) is 33.4 Å². The highest BCUT2D eigenvalue weighted by molar-refractivity contribution is 6.32. The minimum Gasteiger partial charge on any atom is -0.310 e. The van der Waals surface area contributed by atoms with Crippen molar-refractivity contribution in [3.63, 3.8) is 0 Å². The van der Waals surface area contributed by atoms with E-state index in [4.69, 9.17) is 7.85 Å². The Kier molecular flexibility index (Phi) is 6.13. The Morgan fingerprint density at radius 3 is 1.78 bits per heavy atom. The molecule has 1 aliphatic rings. The van der Waals surface area contributed by atoms with Gasteiger partial charge in [0.2, 0.25) is 0 Å². The van der Waals surface area contributed by atoms with E-state index in [9.17, 15) is 0 Å². The third kappa shape index (κ3) is 4.46. The van der Waals surface area contributed by atoms with E-state index >= 15 is 0 Å². The van der Waals surface area contributed by atoms with E-state index in [-0.39, 0.29) is 5.41 Å². The van der Waals surface area contributed by atoms with Crippen LogP contribution < -0.4 is 10.4 Å². The maximum Gasteiger partial charge on any atom is 0.113 e. The molecular formula is C39H30BN. The van der Waals surface area contributed by atoms with Gasteiger partial charge in [-0.15, -0.1) is 0 Å². The van der Waals surface area contributed by atoms with Crippen LogP contribution in [-0.4, -0.2) is 7.85 Å². The Morgan fingerprint density at radius 1 is 0.439 bits per heavy atom. The third-order valence-electron chi connectivity index (χ3n) is 8.41. The summed E-state index contributed by atoms with van der Waals surface area (Å²) in [6.45, 7) is 4.67. The second-order valence-electron chi connectivity index (χ2n) is 11.3. The van der Waals surface area contributed by atoms with Crippen molar-refractivity contribution in [1.29, 1.82) is 0 Å². The van der Waals surface area contributed by atoms with E-state index < -0.39 is 0 Å². The fraction of sp³-hybridized carbons (Fsp3) is 0.0769. The molecule has 1 aliphatic carbocycles. The van der Waals surface area contributed by atoms with E-state index in [1.807, 2.05) is 12.1 Å². The van der Waals surface area contributed by atoms with E-state index in [1.54, 1.807) is 0 Å². The molecule has 2 radical (unpaired) electrons. The van der Waals surface area contributed by atoms with Gasteiger partial charge < -0.3 is 4.90 Å². The average Bonchev–Trinajstić information content (AvgIpc) is 3.25. The molecule has 0 aliphatic heterocycles. The highest BCUT2D eigenvalue weighted by Gasteiger charge is 2.35. The molecule has 0 saturated carbocycles. The van der Waals surface area contributed by atoms with Crippen LogP contribution in [0.15, 0.2) is 146 Å². The van der Waals surface area contributed by atoms with Crippen molar-refractivity contribution in [2.45, 2.75) is 19.3 Å². The minimum absolute atomic E-state index is 0.0728. The summed E-state index contributed by atoms with van der Waals surface area (Å²) in [6, 6.07) is 52.0. The second kappa shape index (κ2) is 9.98. The molecular weight excluding hydrogens is 493 g/mol. The number of hydrogen-bond donors (Lipinski definition) is 0. The van der Waals surface area contributed by atoms with E-state index in [0.29, 0.717) is 0 Å². The Bertz CT molecular complexity index is 1850. The highest BCUT2D eigenvalue weighted by Crippen LogP contribution is 2.50. The second-order valence-corrected chi connectivity index (χ2v) is 11.3. The predicted octanol–water partition coefficient (Wildman–Crippen LogP) is 9.59. The van der Waals surface area contributed by atoms with Crippen LogP contribution in [0.2, 0.25) is 0 Å². The van der Waals surface area contributed by atoms with Gasteiger partial charge in [-0.3, -0.25) is 0 Å². The van der Waals surface area contributed by atoms with E-state index in [2.05, 4.69) is 152 Å². The molecule has 41 heavy (non-hydrogen) atoms. The lowest BCUT2D eigenvalue weighted by Gasteiger charge is -2.28. The van der Waals surface area contributed by atoms with Crippen molar-refractivity contribution < 1.29 is 0 Å². The van der Waals surface area contributed by atoms with Gasteiger partial charge in [0.05, 0.1) is 0 Å². The highest BCUT2D eigenvalue weighted by atomic mass is 15.1. The molecule has 0 saturated heterocycles. The first kappa shape index (κ1) is 25.2. The number of hydrogen-bond acceptors (Lipinski definition) is 1. The number of benzene rings is 6. The lowest BCUT2D eigenvalue weighted by Crippen LogP contribution is -2.16. The minimum atomic E-state index is -0.0728. The molecule has 0 unspecified atom stereocenters. The summed E-state index contributed by atoms with van der Waals surface area (Å²) in [7, 11) is 5.98. The fourth-order valence-corrected chi connectivity index (χ4v) is 6.21. The van der Waals surface area contributed by atoms with Crippen molar-refractivity contribution in [2.75, 3.05) is 4.90 Å². The number of rotatable bonds is 5. The summed E-state index contributed by atoms with van der Waals surface area (Å²) < 4.78 is 0. The van der Waals surface area contributed by atoms with Crippen LogP contribution in [-0.2, 0) is 5.41 Å². The molecule has 2 heteroatoms. The van der Waals surface area contributed by atoms with Gasteiger partial charge in [-0.05, 0) is 80.9 Å². The fourth-order valence-electron chi connectivity index (χ4n) is 6.21. The van der Waals surface area contributed by atoms with E-state index in [0.717, 1.165) is 33.7 Å². The normalized spacial score (nSPS) is 12.9. The summed E-state index contributed by atoms with van der Waals surface area (Å²) >= 11 is 0. The summed E-state index contributed by atoms with van der Waals surface area (Å²) in [4.78, 5) is 2.37. The topological polar surface area (TPSA) is 3.24 Å². The Balaban J connectivity index is 1.37. The number of anilines is 3. The van der Waals surface area contributed by atoms with Crippen molar-refractivity contribution >= 4 is 30.4 Å². The van der Waals surface area contributed by atoms with Gasteiger partial charge in [0, 0.05) is 22.5 Å². The molecule has 0 heterocycles. The van der Waals surface area contributed by atoms with Gasteiger partial charge in [-0.2, -0.15) is 0 Å². The molecule has 0 bridgehead atoms. The summed E-state index contributed by atoms with van der Waals surface area (Å²) in [5.74, 6) is 0. The predicted molar refractivity (Wildman–Crippen MR) is 175 cm³/mol. The van der Waals surface area contributed by atoms with Crippen molar-refractivity contribution in [3.8, 4) is 33.4 Å². The first-order valence-electron chi connectivity index (χ1n) is 14.1. The third-order valence-corrected chi connectivity index (χ3v) is 8.41. The van der Waals surface area contributed by atoms with E-state index in [1.165, 1.54) is 33.4 Å². The maximum absolute atomic E-state index is 5.98. The molecule has 0 amide bonds. The number of nitrogens with zero attached hydrogens (tertiary/aromatic N) is 1. The molecule has 0 fully saturated rings. The molecule has 6 aromatic rings. The summed E-state index contributed by atoms with van der Waals surface area (Å²) in [6.07, 6.45) is 0. The van der Waals surface area contributed by atoms with Gasteiger partial charge in [0.25, 0.3) is 0 Å². The molecule has 7 rings (SSSR count). The number of fused-ring (bicyclic) bond motifs is 3.